The van der Waals surface area contributed by atoms with Crippen molar-refractivity contribution < 1.29 is 4.42 Å². The first-order valence-corrected chi connectivity index (χ1v) is 18.5. The van der Waals surface area contributed by atoms with Crippen molar-refractivity contribution in [1.29, 1.82) is 0 Å². The minimum Gasteiger partial charge on any atom is -0.456 e. The summed E-state index contributed by atoms with van der Waals surface area (Å²) in [5.74, 6) is 1.89. The van der Waals surface area contributed by atoms with E-state index in [0.717, 1.165) is 65.9 Å². The highest BCUT2D eigenvalue weighted by Crippen LogP contribution is 2.40. The number of hydrogen-bond donors (Lipinski definition) is 0. The highest BCUT2D eigenvalue weighted by Gasteiger charge is 2.18. The number of nitrogens with zero attached hydrogens (tertiary/aromatic N) is 3. The van der Waals surface area contributed by atoms with Gasteiger partial charge in [-0.3, -0.25) is 0 Å². The van der Waals surface area contributed by atoms with E-state index in [4.69, 9.17) is 19.4 Å². The van der Waals surface area contributed by atoms with Gasteiger partial charge in [0.05, 0.1) is 0 Å². The Balaban J connectivity index is 1.07. The lowest BCUT2D eigenvalue weighted by Crippen LogP contribution is -2.01. The van der Waals surface area contributed by atoms with E-state index in [1.807, 2.05) is 0 Å². The van der Waals surface area contributed by atoms with Crippen LogP contribution >= 0.6 is 0 Å². The minimum absolute atomic E-state index is 0.620. The van der Waals surface area contributed by atoms with Gasteiger partial charge in [-0.2, -0.15) is 0 Å². The first-order valence-electron chi connectivity index (χ1n) is 18.5. The number of hydrogen-bond acceptors (Lipinski definition) is 4. The summed E-state index contributed by atoms with van der Waals surface area (Å²) in [7, 11) is 0. The van der Waals surface area contributed by atoms with Gasteiger partial charge in [-0.1, -0.05) is 158 Å². The second-order valence-corrected chi connectivity index (χ2v) is 14.0. The maximum absolute atomic E-state index is 6.39. The summed E-state index contributed by atoms with van der Waals surface area (Å²) < 4.78 is 6.39. The summed E-state index contributed by atoms with van der Waals surface area (Å²) in [6.07, 6.45) is 0. The largest absolute Gasteiger partial charge is 0.456 e. The first kappa shape index (κ1) is 31.1. The van der Waals surface area contributed by atoms with Gasteiger partial charge in [0.25, 0.3) is 0 Å². The molecule has 0 aliphatic carbocycles. The van der Waals surface area contributed by atoms with Crippen LogP contribution in [0.15, 0.2) is 192 Å². The molecule has 0 unspecified atom stereocenters. The molecule has 2 heterocycles. The zero-order chi connectivity index (χ0) is 36.3. The van der Waals surface area contributed by atoms with Crippen LogP contribution in [0.25, 0.3) is 111 Å². The highest BCUT2D eigenvalue weighted by atomic mass is 16.3. The van der Waals surface area contributed by atoms with Crippen molar-refractivity contribution in [2.24, 2.45) is 0 Å². The van der Waals surface area contributed by atoms with E-state index in [-0.39, 0.29) is 0 Å². The third kappa shape index (κ3) is 5.34. The van der Waals surface area contributed by atoms with Crippen LogP contribution < -0.4 is 0 Å². The fraction of sp³-hybridized carbons (Fsp3) is 0. The molecule has 0 fully saturated rings. The van der Waals surface area contributed by atoms with Crippen LogP contribution in [0.1, 0.15) is 0 Å². The molecule has 0 N–H and O–H groups in total. The Bertz CT molecular complexity index is 3260. The molecule has 2 aromatic heterocycles. The van der Waals surface area contributed by atoms with Crippen molar-refractivity contribution in [1.82, 2.24) is 15.0 Å². The molecular weight excluding hydrogens is 671 g/mol. The van der Waals surface area contributed by atoms with E-state index in [2.05, 4.69) is 188 Å². The van der Waals surface area contributed by atoms with E-state index < -0.39 is 0 Å². The van der Waals surface area contributed by atoms with Crippen molar-refractivity contribution in [3.05, 3.63) is 188 Å². The number of fused-ring (bicyclic) bond motifs is 6. The smallest absolute Gasteiger partial charge is 0.164 e. The van der Waals surface area contributed by atoms with Crippen LogP contribution in [0.5, 0.6) is 0 Å². The van der Waals surface area contributed by atoms with Crippen molar-refractivity contribution in [2.45, 2.75) is 0 Å². The zero-order valence-corrected chi connectivity index (χ0v) is 29.6. The molecule has 0 saturated heterocycles. The minimum atomic E-state index is 0.620. The molecule has 256 valence electrons. The maximum Gasteiger partial charge on any atom is 0.164 e. The van der Waals surface area contributed by atoms with Gasteiger partial charge in [0.15, 0.2) is 17.5 Å². The van der Waals surface area contributed by atoms with Gasteiger partial charge in [0.1, 0.15) is 11.2 Å². The molecule has 11 rings (SSSR count). The van der Waals surface area contributed by atoms with Crippen LogP contribution in [0.4, 0.5) is 0 Å². The van der Waals surface area contributed by atoms with Gasteiger partial charge in [-0.05, 0) is 84.9 Å². The van der Waals surface area contributed by atoms with Gasteiger partial charge in [0.2, 0.25) is 0 Å². The molecule has 0 saturated carbocycles. The molecule has 4 nitrogen and oxygen atoms in total. The molecule has 4 heteroatoms. The molecule has 9 aromatic carbocycles. The van der Waals surface area contributed by atoms with Crippen LogP contribution in [0.2, 0.25) is 0 Å². The Morgan fingerprint density at radius 3 is 1.64 bits per heavy atom. The molecule has 0 bridgehead atoms. The Morgan fingerprint density at radius 1 is 0.291 bits per heavy atom. The van der Waals surface area contributed by atoms with E-state index in [1.54, 1.807) is 0 Å². The van der Waals surface area contributed by atoms with Gasteiger partial charge in [0, 0.05) is 27.5 Å². The van der Waals surface area contributed by atoms with Gasteiger partial charge < -0.3 is 4.42 Å². The summed E-state index contributed by atoms with van der Waals surface area (Å²) in [6.45, 7) is 0. The molecule has 0 aliphatic rings. The van der Waals surface area contributed by atoms with Gasteiger partial charge >= 0.3 is 0 Å². The topological polar surface area (TPSA) is 51.8 Å². The molecule has 0 aliphatic heterocycles. The van der Waals surface area contributed by atoms with Crippen molar-refractivity contribution >= 4 is 54.3 Å². The van der Waals surface area contributed by atoms with Crippen molar-refractivity contribution in [2.75, 3.05) is 0 Å². The summed E-state index contributed by atoms with van der Waals surface area (Å²) in [5.41, 5.74) is 9.14. The fourth-order valence-corrected chi connectivity index (χ4v) is 8.00. The molecule has 0 radical (unpaired) electrons. The second-order valence-electron chi connectivity index (χ2n) is 14.0. The quantitative estimate of drug-likeness (QED) is 0.179. The fourth-order valence-electron chi connectivity index (χ4n) is 8.00. The summed E-state index contributed by atoms with van der Waals surface area (Å²) in [5, 5.41) is 9.14. The average molecular weight is 702 g/mol. The van der Waals surface area contributed by atoms with E-state index in [9.17, 15) is 0 Å². The number of rotatable bonds is 5. The highest BCUT2D eigenvalue weighted by molar-refractivity contribution is 6.15. The predicted molar refractivity (Wildman–Crippen MR) is 227 cm³/mol. The van der Waals surface area contributed by atoms with Crippen molar-refractivity contribution in [3.8, 4) is 56.4 Å². The van der Waals surface area contributed by atoms with Gasteiger partial charge in [-0.25, -0.2) is 15.0 Å². The maximum atomic E-state index is 6.39. The third-order valence-electron chi connectivity index (χ3n) is 10.7. The van der Waals surface area contributed by atoms with E-state index in [1.165, 1.54) is 27.3 Å². The Morgan fingerprint density at radius 2 is 0.855 bits per heavy atom. The Hall–Kier alpha value is -7.43. The molecule has 0 spiro atoms. The average Bonchev–Trinajstić information content (AvgIpc) is 3.62. The lowest BCUT2D eigenvalue weighted by atomic mass is 9.94. The SMILES string of the molecule is c1ccc(-c2ccc(-c3nc(-c4ccc(-c5cccc6oc7cc8ccccc8cc7c56)cc4)nc(-c4ccc5ccccc5c4)n3)c3ccccc23)cc1. The molecular formula is C51H31N3O. The van der Waals surface area contributed by atoms with Gasteiger partial charge in [-0.15, -0.1) is 0 Å². The third-order valence-corrected chi connectivity index (χ3v) is 10.7. The predicted octanol–water partition coefficient (Wildman–Crippen LogP) is 13.6. The number of benzene rings is 9. The molecule has 0 atom stereocenters. The standard InChI is InChI=1S/C51H31N3O/c1-2-12-33(13-3-1)40-27-28-44(43-18-9-8-17-42(40)43)51-53-49(52-50(54-51)39-26-21-32-11-4-5-14-36(32)29-39)35-24-22-34(23-25-35)41-19-10-20-46-48(41)45-30-37-15-6-7-16-38(37)31-47(45)55-46/h1-31H. The Kier molecular flexibility index (Phi) is 7.14. The molecule has 55 heavy (non-hydrogen) atoms. The molecule has 0 amide bonds. The number of furan rings is 1. The Labute approximate surface area is 317 Å². The molecule has 11 aromatic rings. The van der Waals surface area contributed by atoms with Crippen LogP contribution in [0.3, 0.4) is 0 Å². The zero-order valence-electron chi connectivity index (χ0n) is 29.6. The van der Waals surface area contributed by atoms with Crippen LogP contribution in [0, 0.1) is 0 Å². The normalized spacial score (nSPS) is 11.6. The monoisotopic (exact) mass is 701 g/mol. The van der Waals surface area contributed by atoms with E-state index >= 15 is 0 Å². The lowest BCUT2D eigenvalue weighted by molar-refractivity contribution is 0.669. The first-order chi connectivity index (χ1) is 27.2. The van der Waals surface area contributed by atoms with Crippen LogP contribution in [-0.4, -0.2) is 15.0 Å². The summed E-state index contributed by atoms with van der Waals surface area (Å²) in [6, 6.07) is 65.8. The number of aromatic nitrogens is 3. The van der Waals surface area contributed by atoms with Crippen LogP contribution in [-0.2, 0) is 0 Å². The lowest BCUT2D eigenvalue weighted by Gasteiger charge is -2.13. The van der Waals surface area contributed by atoms with Crippen molar-refractivity contribution in [3.63, 3.8) is 0 Å². The summed E-state index contributed by atoms with van der Waals surface area (Å²) in [4.78, 5) is 15.5. The second kappa shape index (κ2) is 12.6. The van der Waals surface area contributed by atoms with E-state index in [0.29, 0.717) is 17.5 Å². The summed E-state index contributed by atoms with van der Waals surface area (Å²) >= 11 is 0.